The van der Waals surface area contributed by atoms with E-state index in [1.165, 1.54) is 11.1 Å². The molecule has 0 bridgehead atoms. The molecule has 2 aromatic rings. The molecular formula is C19H22BrN3O. The first-order chi connectivity index (χ1) is 11.7. The van der Waals surface area contributed by atoms with Crippen molar-refractivity contribution in [3.63, 3.8) is 0 Å². The summed E-state index contributed by atoms with van der Waals surface area (Å²) in [6.07, 6.45) is 1.77. The zero-order chi connectivity index (χ0) is 16.9. The molecule has 4 nitrogen and oxygen atoms in total. The molecule has 2 unspecified atom stereocenters. The van der Waals surface area contributed by atoms with Crippen molar-refractivity contribution in [3.8, 4) is 0 Å². The number of aryl methyl sites for hydroxylation is 1. The standard InChI is InChI=1S/C19H22BrN3O/c1-2-13-3-5-14(6-4-13)12-21-19(24)18-11-17(22-23-18)15-7-9-16(20)10-8-15/h3-10,17-18,22-23H,2,11-12H2,1H3,(H,21,24). The number of carbonyl (C=O) groups excluding carboxylic acids is 1. The van der Waals surface area contributed by atoms with Crippen molar-refractivity contribution in [2.45, 2.75) is 38.4 Å². The van der Waals surface area contributed by atoms with Gasteiger partial charge in [-0.15, -0.1) is 0 Å². The van der Waals surface area contributed by atoms with E-state index in [9.17, 15) is 4.79 Å². The first-order valence-electron chi connectivity index (χ1n) is 8.27. The largest absolute Gasteiger partial charge is 0.351 e. The van der Waals surface area contributed by atoms with Gasteiger partial charge in [-0.3, -0.25) is 4.79 Å². The Kier molecular flexibility index (Phi) is 5.66. The number of halogens is 1. The highest BCUT2D eigenvalue weighted by Crippen LogP contribution is 2.23. The van der Waals surface area contributed by atoms with Crippen LogP contribution >= 0.6 is 15.9 Å². The summed E-state index contributed by atoms with van der Waals surface area (Å²) in [5.41, 5.74) is 9.92. The fourth-order valence-corrected chi connectivity index (χ4v) is 3.11. The molecule has 24 heavy (non-hydrogen) atoms. The second kappa shape index (κ2) is 7.92. The molecule has 1 aliphatic heterocycles. The lowest BCUT2D eigenvalue weighted by atomic mass is 10.0. The summed E-state index contributed by atoms with van der Waals surface area (Å²) in [5.74, 6) is 0.0293. The molecule has 0 aliphatic carbocycles. The Bertz CT molecular complexity index is 685. The predicted octanol–water partition coefficient (Wildman–Crippen LogP) is 3.24. The molecule has 0 spiro atoms. The van der Waals surface area contributed by atoms with Crippen LogP contribution in [0.25, 0.3) is 0 Å². The number of hydrogen-bond donors (Lipinski definition) is 3. The van der Waals surface area contributed by atoms with Crippen LogP contribution in [0, 0.1) is 0 Å². The van der Waals surface area contributed by atoms with Gasteiger partial charge in [0.25, 0.3) is 0 Å². The van der Waals surface area contributed by atoms with E-state index in [4.69, 9.17) is 0 Å². The van der Waals surface area contributed by atoms with Crippen LogP contribution < -0.4 is 16.2 Å². The molecular weight excluding hydrogens is 366 g/mol. The van der Waals surface area contributed by atoms with Crippen molar-refractivity contribution in [2.24, 2.45) is 0 Å². The van der Waals surface area contributed by atoms with Crippen molar-refractivity contribution in [2.75, 3.05) is 0 Å². The average Bonchev–Trinajstić information content (AvgIpc) is 3.11. The lowest BCUT2D eigenvalue weighted by Gasteiger charge is -2.11. The van der Waals surface area contributed by atoms with Gasteiger partial charge in [-0.1, -0.05) is 59.3 Å². The number of rotatable bonds is 5. The summed E-state index contributed by atoms with van der Waals surface area (Å²) in [5, 5.41) is 3.01. The van der Waals surface area contributed by atoms with Gasteiger partial charge in [0.2, 0.25) is 5.91 Å². The Morgan fingerprint density at radius 2 is 1.75 bits per heavy atom. The van der Waals surface area contributed by atoms with Crippen molar-refractivity contribution in [1.29, 1.82) is 0 Å². The first kappa shape index (κ1) is 17.1. The maximum Gasteiger partial charge on any atom is 0.238 e. The van der Waals surface area contributed by atoms with E-state index in [1.54, 1.807) is 0 Å². The maximum absolute atomic E-state index is 12.4. The number of benzene rings is 2. The molecule has 1 heterocycles. The van der Waals surface area contributed by atoms with Gasteiger partial charge in [0.05, 0.1) is 0 Å². The van der Waals surface area contributed by atoms with E-state index in [1.807, 2.05) is 12.1 Å². The lowest BCUT2D eigenvalue weighted by Crippen LogP contribution is -2.42. The Morgan fingerprint density at radius 1 is 1.08 bits per heavy atom. The van der Waals surface area contributed by atoms with Crippen LogP contribution in [0.2, 0.25) is 0 Å². The number of hydrogen-bond acceptors (Lipinski definition) is 3. The summed E-state index contributed by atoms with van der Waals surface area (Å²) < 4.78 is 1.06. The fraction of sp³-hybridized carbons (Fsp3) is 0.316. The van der Waals surface area contributed by atoms with E-state index >= 15 is 0 Å². The smallest absolute Gasteiger partial charge is 0.238 e. The topological polar surface area (TPSA) is 53.2 Å². The summed E-state index contributed by atoms with van der Waals surface area (Å²) in [4.78, 5) is 12.4. The highest BCUT2D eigenvalue weighted by molar-refractivity contribution is 9.10. The van der Waals surface area contributed by atoms with Crippen molar-refractivity contribution in [1.82, 2.24) is 16.2 Å². The minimum atomic E-state index is -0.214. The second-order valence-corrected chi connectivity index (χ2v) is 6.98. The Labute approximate surface area is 151 Å². The van der Waals surface area contributed by atoms with Crippen molar-refractivity contribution < 1.29 is 4.79 Å². The van der Waals surface area contributed by atoms with Crippen LogP contribution in [0.15, 0.2) is 53.0 Å². The molecule has 0 saturated carbocycles. The summed E-state index contributed by atoms with van der Waals surface area (Å²) in [6.45, 7) is 2.70. The van der Waals surface area contributed by atoms with E-state index in [0.29, 0.717) is 6.54 Å². The Hall–Kier alpha value is -1.69. The van der Waals surface area contributed by atoms with Gasteiger partial charge < -0.3 is 5.32 Å². The van der Waals surface area contributed by atoms with Crippen LogP contribution in [0.4, 0.5) is 0 Å². The molecule has 2 atom stereocenters. The van der Waals surface area contributed by atoms with Gasteiger partial charge in [0, 0.05) is 17.1 Å². The lowest BCUT2D eigenvalue weighted by molar-refractivity contribution is -0.123. The van der Waals surface area contributed by atoms with E-state index in [2.05, 4.69) is 75.4 Å². The summed E-state index contributed by atoms with van der Waals surface area (Å²) >= 11 is 3.44. The molecule has 3 N–H and O–H groups in total. The second-order valence-electron chi connectivity index (χ2n) is 6.07. The van der Waals surface area contributed by atoms with E-state index in [0.717, 1.165) is 22.9 Å². The molecule has 126 valence electrons. The van der Waals surface area contributed by atoms with Gasteiger partial charge in [-0.25, -0.2) is 10.9 Å². The molecule has 1 amide bonds. The first-order valence-corrected chi connectivity index (χ1v) is 9.07. The van der Waals surface area contributed by atoms with Gasteiger partial charge in [-0.2, -0.15) is 0 Å². The molecule has 1 fully saturated rings. The molecule has 1 aliphatic rings. The van der Waals surface area contributed by atoms with Gasteiger partial charge in [0.1, 0.15) is 6.04 Å². The number of amides is 1. The van der Waals surface area contributed by atoms with Crippen molar-refractivity contribution >= 4 is 21.8 Å². The van der Waals surface area contributed by atoms with Gasteiger partial charge >= 0.3 is 0 Å². The third kappa shape index (κ3) is 4.23. The quantitative estimate of drug-likeness (QED) is 0.737. The molecule has 3 rings (SSSR count). The van der Waals surface area contributed by atoms with Crippen LogP contribution in [0.1, 0.15) is 36.1 Å². The van der Waals surface area contributed by atoms with Crippen LogP contribution in [0.3, 0.4) is 0 Å². The minimum Gasteiger partial charge on any atom is -0.351 e. The van der Waals surface area contributed by atoms with Crippen molar-refractivity contribution in [3.05, 3.63) is 69.7 Å². The molecule has 1 saturated heterocycles. The summed E-state index contributed by atoms with van der Waals surface area (Å²) in [7, 11) is 0. The number of nitrogens with one attached hydrogen (secondary N) is 3. The fourth-order valence-electron chi connectivity index (χ4n) is 2.85. The minimum absolute atomic E-state index is 0.0293. The Morgan fingerprint density at radius 3 is 2.42 bits per heavy atom. The highest BCUT2D eigenvalue weighted by Gasteiger charge is 2.29. The van der Waals surface area contributed by atoms with Crippen LogP contribution in [0.5, 0.6) is 0 Å². The normalized spacial score (nSPS) is 20.1. The van der Waals surface area contributed by atoms with Crippen LogP contribution in [-0.4, -0.2) is 11.9 Å². The SMILES string of the molecule is CCc1ccc(CNC(=O)C2CC(c3ccc(Br)cc3)NN2)cc1. The maximum atomic E-state index is 12.4. The molecule has 0 radical (unpaired) electrons. The third-order valence-electron chi connectivity index (χ3n) is 4.39. The monoisotopic (exact) mass is 387 g/mol. The van der Waals surface area contributed by atoms with E-state index in [-0.39, 0.29) is 18.0 Å². The van der Waals surface area contributed by atoms with Gasteiger partial charge in [0.15, 0.2) is 0 Å². The number of hydrazine groups is 1. The molecule has 5 heteroatoms. The van der Waals surface area contributed by atoms with Gasteiger partial charge in [-0.05, 0) is 41.7 Å². The molecule has 2 aromatic carbocycles. The zero-order valence-corrected chi connectivity index (χ0v) is 15.3. The highest BCUT2D eigenvalue weighted by atomic mass is 79.9. The third-order valence-corrected chi connectivity index (χ3v) is 4.92. The predicted molar refractivity (Wildman–Crippen MR) is 99.2 cm³/mol. The van der Waals surface area contributed by atoms with Crippen LogP contribution in [-0.2, 0) is 17.8 Å². The van der Waals surface area contributed by atoms with E-state index < -0.39 is 0 Å². The average molecular weight is 388 g/mol. The Balaban J connectivity index is 1.51. The molecule has 0 aromatic heterocycles. The number of carbonyl (C=O) groups is 1. The summed E-state index contributed by atoms with van der Waals surface area (Å²) in [6, 6.07) is 16.5. The zero-order valence-electron chi connectivity index (χ0n) is 13.7.